The molecule has 2 aliphatic heterocycles. The first-order chi connectivity index (χ1) is 45.2. The highest BCUT2D eigenvalue weighted by Gasteiger charge is 2.42. The average molecular weight is 1350 g/mol. The molecule has 2 aromatic rings. The molecule has 13 amide bonds. The number of hydrogen-bond acceptors (Lipinski definition) is 17. The Morgan fingerprint density at radius 3 is 1.51 bits per heavy atom. The number of nitrogens with one attached hydrogen (secondary N) is 8. The Labute approximate surface area is 558 Å². The highest BCUT2D eigenvalue weighted by molar-refractivity contribution is 7.98. The minimum Gasteiger partial charge on any atom is -0.370 e. The number of carbonyl (C=O) groups excluding carboxylic acids is 13. The summed E-state index contributed by atoms with van der Waals surface area (Å²) in [7, 11) is 0. The van der Waals surface area contributed by atoms with Gasteiger partial charge in [0.15, 0.2) is 5.96 Å². The van der Waals surface area contributed by atoms with E-state index in [9.17, 15) is 62.3 Å². The van der Waals surface area contributed by atoms with Gasteiger partial charge in [-0.1, -0.05) is 74.5 Å². The van der Waals surface area contributed by atoms with Gasteiger partial charge in [0.1, 0.15) is 54.4 Å². The fourth-order valence-electron chi connectivity index (χ4n) is 11.0. The number of hydrogen-bond donors (Lipinski definition) is 15. The fourth-order valence-corrected chi connectivity index (χ4v) is 11.5. The Balaban J connectivity index is 1.56. The molecule has 2 aliphatic rings. The van der Waals surface area contributed by atoms with Crippen molar-refractivity contribution in [1.29, 1.82) is 0 Å². The number of likely N-dealkylation sites (tertiary alicyclic amines) is 2. The topological polar surface area (TPSA) is 519 Å². The van der Waals surface area contributed by atoms with Crippen molar-refractivity contribution in [3.8, 4) is 0 Å². The SMILES string of the molecule is CSCC[C@H](NC(=O)[C@H](CC(C)C)NC(=O)CNC(=O)[C@H](Cc1ccccc1)NC(=O)[C@H](Cc1ccccc1)NC(=O)[C@@H](CCC(N)=O)NC(=O)[C@H](CCC(N)=O)NC(=O)[C@@H]1CCCN1C(=O)[C@@H](CCCCN)NC(=O)[C@H]1CCCN1C(=O)[C@H](N)CCCN=C(N)N)C(N)=O. The molecule has 10 atom stereocenters. The number of nitrogens with two attached hydrogens (primary N) is 7. The van der Waals surface area contributed by atoms with E-state index in [4.69, 9.17) is 40.1 Å². The van der Waals surface area contributed by atoms with E-state index in [1.165, 1.54) is 21.6 Å². The van der Waals surface area contributed by atoms with Crippen LogP contribution in [-0.2, 0) is 75.2 Å². The predicted octanol–water partition coefficient (Wildman–Crippen LogP) is -3.71. The third-order valence-corrected chi connectivity index (χ3v) is 16.7. The van der Waals surface area contributed by atoms with Crippen LogP contribution in [0.25, 0.3) is 0 Å². The Kier molecular flexibility index (Phi) is 33.9. The monoisotopic (exact) mass is 1350 g/mol. The maximum atomic E-state index is 14.7. The summed E-state index contributed by atoms with van der Waals surface area (Å²) < 4.78 is 0. The van der Waals surface area contributed by atoms with Crippen LogP contribution < -0.4 is 82.7 Å². The Morgan fingerprint density at radius 1 is 0.537 bits per heavy atom. The molecule has 95 heavy (non-hydrogen) atoms. The van der Waals surface area contributed by atoms with E-state index in [2.05, 4.69) is 47.5 Å². The molecule has 0 radical (unpaired) electrons. The van der Waals surface area contributed by atoms with E-state index < -0.39 is 169 Å². The molecular formula is C63H98N18O13S. The van der Waals surface area contributed by atoms with Gasteiger partial charge in [0.25, 0.3) is 0 Å². The van der Waals surface area contributed by atoms with Crippen LogP contribution in [0.5, 0.6) is 0 Å². The van der Waals surface area contributed by atoms with Crippen LogP contribution in [0.15, 0.2) is 65.7 Å². The second kappa shape index (κ2) is 41.0. The molecule has 2 heterocycles. The van der Waals surface area contributed by atoms with Crippen molar-refractivity contribution in [2.75, 3.05) is 44.7 Å². The minimum absolute atomic E-state index is 0.0736. The lowest BCUT2D eigenvalue weighted by Gasteiger charge is -2.32. The van der Waals surface area contributed by atoms with Crippen LogP contribution in [0.4, 0.5) is 0 Å². The van der Waals surface area contributed by atoms with Crippen LogP contribution in [0, 0.1) is 5.92 Å². The summed E-state index contributed by atoms with van der Waals surface area (Å²) >= 11 is 1.45. The molecule has 0 aliphatic carbocycles. The smallest absolute Gasteiger partial charge is 0.245 e. The molecule has 2 aromatic carbocycles. The number of aliphatic imine (C=N–C) groups is 1. The molecular weight excluding hydrogens is 1250 g/mol. The van der Waals surface area contributed by atoms with Crippen molar-refractivity contribution in [3.05, 3.63) is 71.8 Å². The van der Waals surface area contributed by atoms with Gasteiger partial charge < -0.3 is 92.5 Å². The molecule has 31 nitrogen and oxygen atoms in total. The summed E-state index contributed by atoms with van der Waals surface area (Å²) in [6.07, 6.45) is 3.12. The van der Waals surface area contributed by atoms with E-state index in [0.717, 1.165) is 0 Å². The van der Waals surface area contributed by atoms with Gasteiger partial charge in [-0.05, 0) is 119 Å². The largest absolute Gasteiger partial charge is 0.370 e. The first-order valence-corrected chi connectivity index (χ1v) is 33.6. The van der Waals surface area contributed by atoms with Crippen molar-refractivity contribution in [1.82, 2.24) is 52.3 Å². The van der Waals surface area contributed by atoms with Crippen molar-refractivity contribution >= 4 is 94.5 Å². The molecule has 0 saturated carbocycles. The lowest BCUT2D eigenvalue weighted by Crippen LogP contribution is -2.60. The molecule has 0 aromatic heterocycles. The highest BCUT2D eigenvalue weighted by Crippen LogP contribution is 2.24. The maximum Gasteiger partial charge on any atom is 0.245 e. The number of rotatable bonds is 42. The van der Waals surface area contributed by atoms with Crippen LogP contribution in [0.2, 0.25) is 0 Å². The third-order valence-electron chi connectivity index (χ3n) is 16.0. The van der Waals surface area contributed by atoms with E-state index in [0.29, 0.717) is 55.4 Å². The molecule has 2 saturated heterocycles. The van der Waals surface area contributed by atoms with Crippen molar-refractivity contribution in [3.63, 3.8) is 0 Å². The summed E-state index contributed by atoms with van der Waals surface area (Å²) in [6, 6.07) is 4.51. The first kappa shape index (κ1) is 78.5. The van der Waals surface area contributed by atoms with Gasteiger partial charge in [-0.15, -0.1) is 0 Å². The van der Waals surface area contributed by atoms with Crippen molar-refractivity contribution < 1.29 is 62.3 Å². The maximum absolute atomic E-state index is 14.7. The molecule has 0 unspecified atom stereocenters. The van der Waals surface area contributed by atoms with Crippen LogP contribution in [0.3, 0.4) is 0 Å². The number of guanidine groups is 1. The van der Waals surface area contributed by atoms with Gasteiger partial charge in [0.05, 0.1) is 12.6 Å². The summed E-state index contributed by atoms with van der Waals surface area (Å²) in [5, 5.41) is 21.1. The van der Waals surface area contributed by atoms with E-state index in [1.54, 1.807) is 60.7 Å². The number of carbonyl (C=O) groups is 13. The van der Waals surface area contributed by atoms with Crippen molar-refractivity contribution in [2.45, 2.75) is 183 Å². The van der Waals surface area contributed by atoms with Crippen LogP contribution in [-0.4, -0.2) is 198 Å². The lowest BCUT2D eigenvalue weighted by atomic mass is 10.0. The third kappa shape index (κ3) is 27.5. The average Bonchev–Trinajstić information content (AvgIpc) is 1.74. The normalized spacial score (nSPS) is 16.8. The number of amides is 13. The molecule has 2 fully saturated rings. The zero-order chi connectivity index (χ0) is 70.1. The van der Waals surface area contributed by atoms with Crippen LogP contribution >= 0.6 is 11.8 Å². The number of benzene rings is 2. The van der Waals surface area contributed by atoms with Gasteiger partial charge in [-0.2, -0.15) is 11.8 Å². The van der Waals surface area contributed by atoms with Gasteiger partial charge in [-0.3, -0.25) is 67.3 Å². The second-order valence-electron chi connectivity index (χ2n) is 24.1. The predicted molar refractivity (Wildman–Crippen MR) is 356 cm³/mol. The summed E-state index contributed by atoms with van der Waals surface area (Å²) in [5.41, 5.74) is 40.6. The molecule has 0 bridgehead atoms. The van der Waals surface area contributed by atoms with Gasteiger partial charge in [0.2, 0.25) is 76.8 Å². The van der Waals surface area contributed by atoms with Crippen LogP contribution in [0.1, 0.15) is 121 Å². The van der Waals surface area contributed by atoms with E-state index >= 15 is 0 Å². The first-order valence-electron chi connectivity index (χ1n) is 32.2. The molecule has 524 valence electrons. The summed E-state index contributed by atoms with van der Waals surface area (Å²) in [4.78, 5) is 185. The quantitative estimate of drug-likeness (QED) is 0.0173. The second-order valence-corrected chi connectivity index (χ2v) is 25.1. The lowest BCUT2D eigenvalue weighted by molar-refractivity contribution is -0.144. The number of thioether (sulfide) groups is 1. The summed E-state index contributed by atoms with van der Waals surface area (Å²) in [5.74, 6) is -9.80. The van der Waals surface area contributed by atoms with Gasteiger partial charge in [-0.25, -0.2) is 0 Å². The number of unbranched alkanes of at least 4 members (excludes halogenated alkanes) is 1. The fraction of sp³-hybridized carbons (Fsp3) is 0.587. The Morgan fingerprint density at radius 2 is 1.01 bits per heavy atom. The van der Waals surface area contributed by atoms with Crippen molar-refractivity contribution in [2.24, 2.45) is 51.0 Å². The molecule has 4 rings (SSSR count). The zero-order valence-corrected chi connectivity index (χ0v) is 55.3. The number of nitrogens with zero attached hydrogens (tertiary/aromatic N) is 3. The summed E-state index contributed by atoms with van der Waals surface area (Å²) in [6.45, 7) is 3.86. The van der Waals surface area contributed by atoms with Gasteiger partial charge in [0, 0.05) is 45.3 Å². The van der Waals surface area contributed by atoms with Gasteiger partial charge >= 0.3 is 0 Å². The standard InChI is InChI=1S/C63H98N18O13S/c1-37(2)33-45(57(89)74-41(53(68)85)27-32-95-3)73-52(84)36-72-54(86)46(34-38-15-6-4-7-16-38)78-58(90)47(35-39-17-8-5-9-18-39)79-56(88)42(23-25-50(66)82)75-55(87)43(24-26-51(67)83)76-59(91)49-22-14-31-81(49)62(94)44(20-10-11-28-64)77-60(92)48-21-13-30-80(48)61(93)40(65)19-12-29-71-63(69)70/h4-9,15-18,37,40-49H,10-14,19-36,64-65H2,1-3H3,(H2,66,82)(H2,67,83)(H2,68,85)(H,72,86)(H,73,84)(H,74,89)(H,75,87)(H,76,91)(H,77,92)(H,78,90)(H,79,88)(H4,69,70,71)/t40-,41+,42-,43+,44-,45+,46+,47+,48-,49+/m1/s1. The Bertz CT molecular complexity index is 2960. The molecule has 32 heteroatoms. The zero-order valence-electron chi connectivity index (χ0n) is 54.5. The highest BCUT2D eigenvalue weighted by atomic mass is 32.2. The minimum atomic E-state index is -1.64. The molecule has 22 N–H and O–H groups in total. The van der Waals surface area contributed by atoms with E-state index in [-0.39, 0.29) is 83.0 Å². The van der Waals surface area contributed by atoms with E-state index in [1.807, 2.05) is 20.1 Å². The Hall–Kier alpha value is -8.91. The number of primary amides is 3. The molecule has 0 spiro atoms.